The Labute approximate surface area is 406 Å². The van der Waals surface area contributed by atoms with E-state index in [1.165, 1.54) is 10.1 Å². The van der Waals surface area contributed by atoms with Gasteiger partial charge in [0.25, 0.3) is 0 Å². The minimum atomic E-state index is -0.600. The van der Waals surface area contributed by atoms with Crippen molar-refractivity contribution in [1.82, 2.24) is 9.55 Å². The average molecular weight is 880 g/mol. The van der Waals surface area contributed by atoms with Crippen molar-refractivity contribution in [1.29, 1.82) is 0 Å². The summed E-state index contributed by atoms with van der Waals surface area (Å²) in [6.45, 7) is 30.4. The number of imidazole rings is 1. The number of phenolic OH excluding ortho intramolecular Hbond substituents is 1. The lowest BCUT2D eigenvalue weighted by atomic mass is 9.65. The number of hydrogen-bond donors (Lipinski definition) is 1. The molecular weight excluding hydrogens is 803 g/mol. The number of benzene rings is 6. The van der Waals surface area contributed by atoms with Crippen LogP contribution in [0.25, 0.3) is 72.7 Å². The molecule has 2 heterocycles. The monoisotopic (exact) mass is 880 g/mol. The lowest BCUT2D eigenvalue weighted by molar-refractivity contribution is -0.600. The number of hydrogen-bond acceptors (Lipinski definition) is 2. The van der Waals surface area contributed by atoms with Gasteiger partial charge in [0.1, 0.15) is 17.3 Å². The number of pyridine rings is 1. The third-order valence-electron chi connectivity index (χ3n) is 13.6. The second kappa shape index (κ2) is 16.5. The molecule has 2 aromatic heterocycles. The molecule has 0 atom stereocenters. The van der Waals surface area contributed by atoms with Gasteiger partial charge in [-0.25, -0.2) is 4.98 Å². The minimum Gasteiger partial charge on any atom is -0.507 e. The number of phenols is 1. The first-order valence-corrected chi connectivity index (χ1v) is 22.9. The summed E-state index contributed by atoms with van der Waals surface area (Å²) in [6.07, 6.45) is -0.399. The first kappa shape index (κ1) is 36.8. The van der Waals surface area contributed by atoms with E-state index in [0.717, 1.165) is 50.1 Å². The van der Waals surface area contributed by atoms with Crippen molar-refractivity contribution in [2.24, 2.45) is 5.41 Å². The molecule has 4 heteroatoms. The number of fused-ring (bicyclic) bond motifs is 1. The lowest BCUT2D eigenvalue weighted by Crippen LogP contribution is -2.34. The van der Waals surface area contributed by atoms with Crippen LogP contribution in [0.3, 0.4) is 0 Å². The zero-order valence-corrected chi connectivity index (χ0v) is 41.2. The SMILES string of the molecule is [2H]c1c([2H])c([2H])c(-c2c([2H])c([2H])[n+]([CH2-])c(-c3cc(-c4cccc5c4nc(-c4cc(C(C)(C)C)cc(C(C)(C)C)c4O)n5-c4ccc(C(C)(C)C(C)(C)C)cc4-c4ccccc4)cc(C(C)(C)C)c3)c2[2H])c([2H])c1[2H]. The van der Waals surface area contributed by atoms with E-state index in [-0.39, 0.29) is 44.9 Å². The molecule has 8 rings (SSSR count). The highest BCUT2D eigenvalue weighted by atomic mass is 16.3. The van der Waals surface area contributed by atoms with Crippen molar-refractivity contribution in [2.75, 3.05) is 0 Å². The third-order valence-corrected chi connectivity index (χ3v) is 13.6. The summed E-state index contributed by atoms with van der Waals surface area (Å²) in [5, 5.41) is 12.7. The number of aromatic hydroxyl groups is 1. The predicted molar refractivity (Wildman–Crippen MR) is 279 cm³/mol. The van der Waals surface area contributed by atoms with Crippen molar-refractivity contribution >= 4 is 11.0 Å². The van der Waals surface area contributed by atoms with Crippen LogP contribution in [0.2, 0.25) is 0 Å². The van der Waals surface area contributed by atoms with Gasteiger partial charge in [-0.2, -0.15) is 0 Å². The van der Waals surface area contributed by atoms with Crippen LogP contribution in [-0.2, 0) is 21.7 Å². The molecule has 0 saturated carbocycles. The first-order chi connectivity index (χ1) is 34.2. The molecule has 4 nitrogen and oxygen atoms in total. The van der Waals surface area contributed by atoms with Gasteiger partial charge in [0.2, 0.25) is 0 Å². The highest BCUT2D eigenvalue weighted by Gasteiger charge is 2.36. The standard InChI is InChI=1S/C62H69N3O/c1-58(2,3)46-34-43(33-44(35-46)54-36-42(31-32-64(54)15)40-23-18-16-19-24-40)48-27-22-28-53-55(48)63-57(50-38-47(59(4,5)6)39-51(56(50)66)60(7,8)9)65(53)52-30-29-45(62(13,14)61(10,11)12)37-49(52)41-25-20-17-21-26-41/h16-39,66H,15H2,1-14H3/i16D,18D,19D,23D,24D,31D,32D,36D. The third kappa shape index (κ3) is 8.59. The predicted octanol–water partition coefficient (Wildman–Crippen LogP) is 16.2. The number of aromatic nitrogens is 3. The van der Waals surface area contributed by atoms with Gasteiger partial charge >= 0.3 is 0 Å². The number of para-hydroxylation sites is 1. The van der Waals surface area contributed by atoms with Gasteiger partial charge in [0, 0.05) is 23.7 Å². The van der Waals surface area contributed by atoms with Crippen molar-refractivity contribution in [3.63, 3.8) is 0 Å². The van der Waals surface area contributed by atoms with Crippen molar-refractivity contribution in [3.8, 4) is 67.5 Å². The molecular formula is C62H69N3O. The van der Waals surface area contributed by atoms with Gasteiger partial charge in [-0.05, 0) is 108 Å². The Morgan fingerprint density at radius 2 is 1.20 bits per heavy atom. The minimum absolute atomic E-state index is 0.0754. The molecule has 0 aliphatic heterocycles. The summed E-state index contributed by atoms with van der Waals surface area (Å²) < 4.78 is 74.0. The van der Waals surface area contributed by atoms with E-state index in [4.69, 9.17) is 14.6 Å². The van der Waals surface area contributed by atoms with Gasteiger partial charge in [-0.3, -0.25) is 4.57 Å². The lowest BCUT2D eigenvalue weighted by Gasteiger charge is -2.40. The van der Waals surface area contributed by atoms with Crippen molar-refractivity contribution < 1.29 is 20.6 Å². The van der Waals surface area contributed by atoms with Crippen molar-refractivity contribution in [2.45, 2.75) is 119 Å². The van der Waals surface area contributed by atoms with E-state index >= 15 is 0 Å². The first-order valence-electron chi connectivity index (χ1n) is 26.9. The van der Waals surface area contributed by atoms with E-state index in [1.807, 2.05) is 42.5 Å². The fourth-order valence-electron chi connectivity index (χ4n) is 8.45. The second-order valence-corrected chi connectivity index (χ2v) is 22.4. The molecule has 0 saturated heterocycles. The normalized spacial score (nSPS) is 14.5. The number of rotatable bonds is 7. The van der Waals surface area contributed by atoms with Gasteiger partial charge in [-0.1, -0.05) is 200 Å². The molecule has 1 N–H and O–H groups in total. The molecule has 0 radical (unpaired) electrons. The molecule has 0 fully saturated rings. The van der Waals surface area contributed by atoms with E-state index in [9.17, 15) is 6.48 Å². The van der Waals surface area contributed by atoms with E-state index < -0.39 is 53.3 Å². The number of nitrogens with zero attached hydrogens (tertiary/aromatic N) is 3. The quantitative estimate of drug-likeness (QED) is 0.128. The molecule has 0 amide bonds. The summed E-state index contributed by atoms with van der Waals surface area (Å²) in [5.41, 5.74) is 8.83. The van der Waals surface area contributed by atoms with Crippen LogP contribution in [0.1, 0.15) is 130 Å². The van der Waals surface area contributed by atoms with Crippen LogP contribution in [0.4, 0.5) is 0 Å². The molecule has 0 spiro atoms. The maximum absolute atomic E-state index is 12.7. The van der Waals surface area contributed by atoms with Crippen LogP contribution in [0.5, 0.6) is 5.75 Å². The summed E-state index contributed by atoms with van der Waals surface area (Å²) in [5.74, 6) is 0.695. The largest absolute Gasteiger partial charge is 0.507 e. The zero-order chi connectivity index (χ0) is 54.7. The molecule has 66 heavy (non-hydrogen) atoms. The summed E-state index contributed by atoms with van der Waals surface area (Å²) in [4.78, 5) is 5.64. The van der Waals surface area contributed by atoms with Crippen LogP contribution < -0.4 is 4.57 Å². The fourth-order valence-corrected chi connectivity index (χ4v) is 8.45. The average Bonchev–Trinajstić information content (AvgIpc) is 3.71. The maximum Gasteiger partial charge on any atom is 0.149 e. The highest BCUT2D eigenvalue weighted by molar-refractivity contribution is 5.98. The molecule has 6 aromatic carbocycles. The molecule has 0 unspecified atom stereocenters. The van der Waals surface area contributed by atoms with Gasteiger partial charge in [0.05, 0.1) is 39.4 Å². The smallest absolute Gasteiger partial charge is 0.149 e. The Balaban J connectivity index is 1.52. The Morgan fingerprint density at radius 1 is 0.561 bits per heavy atom. The Kier molecular flexibility index (Phi) is 9.19. The highest BCUT2D eigenvalue weighted by Crippen LogP contribution is 2.48. The van der Waals surface area contributed by atoms with Crippen LogP contribution in [0.15, 0.2) is 146 Å². The fraction of sp³-hybridized carbons (Fsp3) is 0.306. The molecule has 0 aliphatic rings. The zero-order valence-electron chi connectivity index (χ0n) is 49.2. The van der Waals surface area contributed by atoms with E-state index in [1.54, 1.807) is 0 Å². The van der Waals surface area contributed by atoms with Gasteiger partial charge in [-0.15, -0.1) is 0 Å². The molecule has 0 bridgehead atoms. The molecule has 0 aliphatic carbocycles. The van der Waals surface area contributed by atoms with Crippen molar-refractivity contribution in [3.05, 3.63) is 175 Å². The summed E-state index contributed by atoms with van der Waals surface area (Å²) >= 11 is 0. The Bertz CT molecular complexity index is 3540. The summed E-state index contributed by atoms with van der Waals surface area (Å²) in [6, 6.07) is 29.5. The Hall–Kier alpha value is -6.39. The van der Waals surface area contributed by atoms with Crippen LogP contribution >= 0.6 is 0 Å². The molecule has 338 valence electrons. The Morgan fingerprint density at radius 3 is 1.83 bits per heavy atom. The van der Waals surface area contributed by atoms with Gasteiger partial charge in [0.15, 0.2) is 0 Å². The van der Waals surface area contributed by atoms with E-state index in [0.29, 0.717) is 22.5 Å². The van der Waals surface area contributed by atoms with Gasteiger partial charge < -0.3 is 9.67 Å². The maximum atomic E-state index is 12.7. The summed E-state index contributed by atoms with van der Waals surface area (Å²) in [7, 11) is 4.15. The second-order valence-electron chi connectivity index (χ2n) is 22.4. The molecule has 8 aromatic rings. The van der Waals surface area contributed by atoms with Crippen LogP contribution in [-0.4, -0.2) is 14.7 Å². The van der Waals surface area contributed by atoms with Crippen LogP contribution in [0, 0.1) is 12.5 Å². The topological polar surface area (TPSA) is 41.9 Å². The van der Waals surface area contributed by atoms with E-state index in [2.05, 4.69) is 163 Å².